The molecule has 55 heavy (non-hydrogen) atoms. The summed E-state index contributed by atoms with van der Waals surface area (Å²) in [5, 5.41) is 0. The largest absolute Gasteiger partial charge is 1.00 e. The molecule has 0 aliphatic heterocycles. The fourth-order valence-corrected chi connectivity index (χ4v) is 21.1. The van der Waals surface area contributed by atoms with Crippen molar-refractivity contribution in [2.45, 2.75) is 112 Å². The first-order valence-electron chi connectivity index (χ1n) is 20.9. The fraction of sp³-hybridized carbons (Fsp3) is 0.442. The number of benzene rings is 4. The molecule has 4 aromatic rings. The van der Waals surface area contributed by atoms with Crippen LogP contribution in [0.2, 0.25) is 0 Å². The van der Waals surface area contributed by atoms with Crippen LogP contribution in [0.15, 0.2) is 99.9 Å². The molecule has 0 saturated heterocycles. The fourth-order valence-electron chi connectivity index (χ4n) is 11.7. The van der Waals surface area contributed by atoms with Gasteiger partial charge in [0.15, 0.2) is 0 Å². The van der Waals surface area contributed by atoms with Gasteiger partial charge in [0.25, 0.3) is 0 Å². The quantitative estimate of drug-likeness (QED) is 0.189. The van der Waals surface area contributed by atoms with E-state index in [1.165, 1.54) is 76.6 Å². The third-order valence-corrected chi connectivity index (χ3v) is 22.3. The first-order valence-corrected chi connectivity index (χ1v) is 24.5. The molecule has 4 fully saturated rings. The second kappa shape index (κ2) is 15.1. The van der Waals surface area contributed by atoms with Crippen LogP contribution < -0.4 is 28.1 Å². The molecule has 0 nitrogen and oxygen atoms in total. The summed E-state index contributed by atoms with van der Waals surface area (Å²) in [5.74, 6) is 5.07. The standard InChI is InChI=1S/C21H25.C16H21.C15H14.2ClH.Zr/c1-20(2,3)16-7-9-18-14(12-16)11-15-13-17(21(4,5)6)8-10-19(15)18;1-10-2-3-13(4-10)16-14-6-11-5-12(8-14)9-15(16)7-11;1-12-3-7-14(8-4-12)11-15-9-5-13(2)6-10-15;;;/h7-10,12H,11H2,1-6H3;3-4,10-12,14-16H,5-9H2,1H3;3-10H,1-2H3;2*1H;/q;;;;;+2/p-2. The summed E-state index contributed by atoms with van der Waals surface area (Å²) in [6, 6.07) is 31.8. The van der Waals surface area contributed by atoms with Crippen LogP contribution in [0.1, 0.15) is 125 Å². The van der Waals surface area contributed by atoms with Crippen molar-refractivity contribution in [1.29, 1.82) is 0 Å². The molecule has 6 aliphatic carbocycles. The molecule has 4 bridgehead atoms. The van der Waals surface area contributed by atoms with Crippen molar-refractivity contribution in [2.75, 3.05) is 0 Å². The second-order valence-corrected chi connectivity index (χ2v) is 25.8. The smallest absolute Gasteiger partial charge is 1.00 e. The molecule has 3 heteroatoms. The number of hydrogen-bond donors (Lipinski definition) is 0. The Kier molecular flexibility index (Phi) is 11.2. The number of hydrogen-bond acceptors (Lipinski definition) is 0. The monoisotopic (exact) mass is 844 g/mol. The van der Waals surface area contributed by atoms with Gasteiger partial charge in [-0.3, -0.25) is 0 Å². The van der Waals surface area contributed by atoms with Crippen molar-refractivity contribution in [3.63, 3.8) is 0 Å². The van der Waals surface area contributed by atoms with E-state index >= 15 is 0 Å². The molecule has 0 radical (unpaired) electrons. The van der Waals surface area contributed by atoms with Gasteiger partial charge in [0.1, 0.15) is 0 Å². The van der Waals surface area contributed by atoms with Crippen molar-refractivity contribution in [3.05, 3.63) is 144 Å². The number of rotatable bonds is 5. The van der Waals surface area contributed by atoms with E-state index in [0.29, 0.717) is 5.92 Å². The van der Waals surface area contributed by atoms with E-state index in [1.54, 1.807) is 26.5 Å². The van der Waals surface area contributed by atoms with Crippen LogP contribution in [-0.4, -0.2) is 3.21 Å². The molecule has 0 spiro atoms. The molecular formula is C52H60Cl2Zr. The third kappa shape index (κ3) is 7.36. The van der Waals surface area contributed by atoms with E-state index in [9.17, 15) is 0 Å². The van der Waals surface area contributed by atoms with Crippen molar-refractivity contribution in [2.24, 2.45) is 35.5 Å². The van der Waals surface area contributed by atoms with Crippen molar-refractivity contribution in [3.8, 4) is 11.1 Å². The second-order valence-electron chi connectivity index (χ2n) is 20.1. The van der Waals surface area contributed by atoms with E-state index in [1.807, 2.05) is 0 Å². The first kappa shape index (κ1) is 40.9. The Morgan fingerprint density at radius 3 is 1.71 bits per heavy atom. The zero-order valence-corrected chi connectivity index (χ0v) is 38.6. The molecule has 0 N–H and O–H groups in total. The summed E-state index contributed by atoms with van der Waals surface area (Å²) in [6.07, 6.45) is 14.2. The SMILES string of the molecule is Cc1ccc([C](c2ccc(C)cc2)=[Zr+2]([C]2=CC(C3C4CC5CC(C4)CC3C5)=CC2C)[c]2c(C(C)(C)C)ccc3c2Cc2cc(C(C)(C)C)ccc2-3)cc1.[Cl-].[Cl-]. The van der Waals surface area contributed by atoms with Gasteiger partial charge in [0.2, 0.25) is 0 Å². The van der Waals surface area contributed by atoms with Crippen LogP contribution in [0, 0.1) is 49.4 Å². The predicted molar refractivity (Wildman–Crippen MR) is 223 cm³/mol. The van der Waals surface area contributed by atoms with E-state index < -0.39 is 21.3 Å². The Labute approximate surface area is 352 Å². The minimum atomic E-state index is -2.98. The van der Waals surface area contributed by atoms with Crippen molar-refractivity contribution >= 4 is 6.48 Å². The minimum absolute atomic E-state index is 0. The Balaban J connectivity index is 0.00000233. The van der Waals surface area contributed by atoms with Gasteiger partial charge in [0.05, 0.1) is 0 Å². The molecule has 10 rings (SSSR count). The summed E-state index contributed by atoms with van der Waals surface area (Å²) in [4.78, 5) is 0. The summed E-state index contributed by atoms with van der Waals surface area (Å²) in [6.45, 7) is 21.5. The van der Waals surface area contributed by atoms with Crippen LogP contribution in [-0.2, 0) is 38.5 Å². The van der Waals surface area contributed by atoms with Crippen LogP contribution in [0.4, 0.5) is 0 Å². The average molecular weight is 847 g/mol. The van der Waals surface area contributed by atoms with E-state index in [2.05, 4.69) is 153 Å². The zero-order chi connectivity index (χ0) is 37.0. The van der Waals surface area contributed by atoms with Gasteiger partial charge in [-0.15, -0.1) is 0 Å². The van der Waals surface area contributed by atoms with E-state index in [0.717, 1.165) is 36.0 Å². The predicted octanol–water partition coefficient (Wildman–Crippen LogP) is 6.52. The summed E-state index contributed by atoms with van der Waals surface area (Å²) < 4.78 is 5.23. The molecule has 286 valence electrons. The maximum absolute atomic E-state index is 2.98. The zero-order valence-electron chi connectivity index (χ0n) is 34.6. The van der Waals surface area contributed by atoms with E-state index in [4.69, 9.17) is 0 Å². The van der Waals surface area contributed by atoms with E-state index in [-0.39, 0.29) is 35.6 Å². The third-order valence-electron chi connectivity index (χ3n) is 14.1. The van der Waals surface area contributed by atoms with Crippen LogP contribution in [0.5, 0.6) is 0 Å². The molecule has 1 atom stereocenters. The van der Waals surface area contributed by atoms with Gasteiger partial charge in [-0.05, 0) is 0 Å². The first-order chi connectivity index (χ1) is 25.2. The molecule has 0 aromatic heterocycles. The molecule has 1 unspecified atom stereocenters. The minimum Gasteiger partial charge on any atom is -1.00 e. The summed E-state index contributed by atoms with van der Waals surface area (Å²) in [7, 11) is 0. The summed E-state index contributed by atoms with van der Waals surface area (Å²) in [5.41, 5.74) is 16.6. The normalized spacial score (nSPS) is 24.5. The Morgan fingerprint density at radius 2 is 1.18 bits per heavy atom. The van der Waals surface area contributed by atoms with Gasteiger partial charge < -0.3 is 24.8 Å². The van der Waals surface area contributed by atoms with Gasteiger partial charge in [-0.2, -0.15) is 0 Å². The molecular weight excluding hydrogens is 787 g/mol. The topological polar surface area (TPSA) is 0 Å². The molecule has 0 heterocycles. The molecule has 0 amide bonds. The molecule has 6 aliphatic rings. The maximum Gasteiger partial charge on any atom is -1.00 e. The van der Waals surface area contributed by atoms with Crippen LogP contribution in [0.3, 0.4) is 0 Å². The van der Waals surface area contributed by atoms with Crippen molar-refractivity contribution < 1.29 is 46.1 Å². The Bertz CT molecular complexity index is 2120. The average Bonchev–Trinajstić information content (AvgIpc) is 3.66. The Morgan fingerprint density at radius 1 is 0.636 bits per heavy atom. The number of halogens is 2. The molecule has 4 saturated carbocycles. The van der Waals surface area contributed by atoms with Crippen molar-refractivity contribution in [1.82, 2.24) is 0 Å². The Hall–Kier alpha value is -2.31. The van der Waals surface area contributed by atoms with Gasteiger partial charge >= 0.3 is 330 Å². The number of allylic oxidation sites excluding steroid dienone is 4. The number of aryl methyl sites for hydroxylation is 2. The van der Waals surface area contributed by atoms with Gasteiger partial charge in [-0.1, -0.05) is 0 Å². The summed E-state index contributed by atoms with van der Waals surface area (Å²) >= 11 is -2.98. The van der Waals surface area contributed by atoms with Gasteiger partial charge in [-0.25, -0.2) is 0 Å². The number of fused-ring (bicyclic) bond motifs is 3. The van der Waals surface area contributed by atoms with Crippen LogP contribution >= 0.6 is 0 Å². The maximum atomic E-state index is 2.86. The van der Waals surface area contributed by atoms with Crippen LogP contribution in [0.25, 0.3) is 11.1 Å². The molecule has 4 aromatic carbocycles. The van der Waals surface area contributed by atoms with Gasteiger partial charge in [0, 0.05) is 0 Å².